The number of piperazine rings is 1. The minimum Gasteiger partial charge on any atom is -0.355 e. The summed E-state index contributed by atoms with van der Waals surface area (Å²) in [5.74, 6) is 0.769. The van der Waals surface area contributed by atoms with Crippen LogP contribution in [0.3, 0.4) is 0 Å². The van der Waals surface area contributed by atoms with Crippen molar-refractivity contribution in [2.24, 2.45) is 5.92 Å². The molecule has 0 spiro atoms. The van der Waals surface area contributed by atoms with E-state index in [0.29, 0.717) is 25.6 Å². The molecule has 1 N–H and O–H groups in total. The molecule has 0 aromatic rings. The molecule has 1 heterocycles. The van der Waals surface area contributed by atoms with E-state index < -0.39 is 0 Å². The molecular weight excluding hydrogens is 266 g/mol. The van der Waals surface area contributed by atoms with Crippen molar-refractivity contribution in [3.8, 4) is 0 Å². The van der Waals surface area contributed by atoms with Crippen molar-refractivity contribution >= 4 is 11.8 Å². The van der Waals surface area contributed by atoms with E-state index in [0.717, 1.165) is 19.6 Å². The summed E-state index contributed by atoms with van der Waals surface area (Å²) in [7, 11) is 0. The highest BCUT2D eigenvalue weighted by molar-refractivity contribution is 5.87. The van der Waals surface area contributed by atoms with Gasteiger partial charge in [0.1, 0.15) is 0 Å². The Morgan fingerprint density at radius 2 is 1.76 bits per heavy atom. The van der Waals surface area contributed by atoms with Crippen LogP contribution in [0.5, 0.6) is 0 Å². The molecule has 2 fully saturated rings. The fraction of sp³-hybridized carbons (Fsp3) is 0.750. The van der Waals surface area contributed by atoms with Gasteiger partial charge >= 0.3 is 0 Å². The molecule has 0 unspecified atom stereocenters. The van der Waals surface area contributed by atoms with Gasteiger partial charge in [0.05, 0.1) is 6.54 Å². The Morgan fingerprint density at radius 3 is 2.38 bits per heavy atom. The second-order valence-electron chi connectivity index (χ2n) is 6.11. The van der Waals surface area contributed by atoms with E-state index in [-0.39, 0.29) is 11.8 Å². The quantitative estimate of drug-likeness (QED) is 0.770. The number of hydrogen-bond acceptors (Lipinski definition) is 3. The van der Waals surface area contributed by atoms with Crippen LogP contribution in [0.25, 0.3) is 0 Å². The average Bonchev–Trinajstić information content (AvgIpc) is 2.54. The topological polar surface area (TPSA) is 52.7 Å². The number of nitrogens with one attached hydrogen (secondary N) is 1. The van der Waals surface area contributed by atoms with Crippen molar-refractivity contribution in [1.29, 1.82) is 0 Å². The predicted octanol–water partition coefficient (Wildman–Crippen LogP) is 1.01. The highest BCUT2D eigenvalue weighted by atomic mass is 16.2. The van der Waals surface area contributed by atoms with E-state index in [1.807, 2.05) is 0 Å². The lowest BCUT2D eigenvalue weighted by Crippen LogP contribution is -2.51. The Labute approximate surface area is 127 Å². The van der Waals surface area contributed by atoms with Crippen molar-refractivity contribution in [3.05, 3.63) is 12.7 Å². The Hall–Kier alpha value is -1.36. The first-order chi connectivity index (χ1) is 10.2. The third kappa shape index (κ3) is 5.16. The number of hydrogen-bond donors (Lipinski definition) is 1. The maximum absolute atomic E-state index is 12.0. The van der Waals surface area contributed by atoms with E-state index in [9.17, 15) is 9.59 Å². The fourth-order valence-corrected chi connectivity index (χ4v) is 3.16. The van der Waals surface area contributed by atoms with Gasteiger partial charge in [0, 0.05) is 32.7 Å². The van der Waals surface area contributed by atoms with Gasteiger partial charge in [-0.25, -0.2) is 0 Å². The molecule has 0 atom stereocenters. The molecule has 1 aliphatic carbocycles. The summed E-state index contributed by atoms with van der Waals surface area (Å²) in [5.41, 5.74) is 0. The molecule has 2 amide bonds. The molecule has 5 nitrogen and oxygen atoms in total. The third-order valence-electron chi connectivity index (χ3n) is 4.54. The second-order valence-corrected chi connectivity index (χ2v) is 6.11. The Balaban J connectivity index is 1.62. The van der Waals surface area contributed by atoms with Crippen molar-refractivity contribution in [2.75, 3.05) is 39.3 Å². The summed E-state index contributed by atoms with van der Waals surface area (Å²) < 4.78 is 0. The highest BCUT2D eigenvalue weighted by Gasteiger charge is 2.21. The molecule has 0 radical (unpaired) electrons. The lowest BCUT2D eigenvalue weighted by molar-refractivity contribution is -0.128. The smallest absolute Gasteiger partial charge is 0.246 e. The second kappa shape index (κ2) is 8.17. The molecule has 118 valence electrons. The summed E-state index contributed by atoms with van der Waals surface area (Å²) in [6, 6.07) is 0. The zero-order valence-electron chi connectivity index (χ0n) is 12.9. The summed E-state index contributed by atoms with van der Waals surface area (Å²) in [6.07, 6.45) is 7.82. The Kier molecular flexibility index (Phi) is 6.23. The van der Waals surface area contributed by atoms with Crippen molar-refractivity contribution in [3.63, 3.8) is 0 Å². The maximum atomic E-state index is 12.0. The number of carbonyl (C=O) groups excluding carboxylic acids is 2. The zero-order valence-corrected chi connectivity index (χ0v) is 12.9. The molecular formula is C16H27N3O2. The SMILES string of the molecule is C=CC(=O)N1CCN(CC(=O)NCC2CCCCC2)CC1. The molecule has 1 saturated carbocycles. The van der Waals surface area contributed by atoms with Crippen LogP contribution in [0, 0.1) is 5.92 Å². The summed E-state index contributed by atoms with van der Waals surface area (Å²) >= 11 is 0. The van der Waals surface area contributed by atoms with Gasteiger partial charge in [-0.3, -0.25) is 14.5 Å². The average molecular weight is 293 g/mol. The molecule has 0 bridgehead atoms. The van der Waals surface area contributed by atoms with Gasteiger partial charge in [0.2, 0.25) is 11.8 Å². The van der Waals surface area contributed by atoms with Gasteiger partial charge in [-0.1, -0.05) is 25.8 Å². The molecule has 0 aromatic heterocycles. The predicted molar refractivity (Wildman–Crippen MR) is 82.8 cm³/mol. The minimum atomic E-state index is -0.0172. The molecule has 2 aliphatic rings. The fourth-order valence-electron chi connectivity index (χ4n) is 3.16. The van der Waals surface area contributed by atoms with Gasteiger partial charge in [-0.05, 0) is 24.8 Å². The van der Waals surface area contributed by atoms with Crippen molar-refractivity contribution in [1.82, 2.24) is 15.1 Å². The highest BCUT2D eigenvalue weighted by Crippen LogP contribution is 2.22. The number of nitrogens with zero attached hydrogens (tertiary/aromatic N) is 2. The first-order valence-corrected chi connectivity index (χ1v) is 8.09. The molecule has 5 heteroatoms. The monoisotopic (exact) mass is 293 g/mol. The molecule has 2 rings (SSSR count). The van der Waals surface area contributed by atoms with Crippen LogP contribution in [-0.4, -0.2) is 60.9 Å². The maximum Gasteiger partial charge on any atom is 0.246 e. The molecule has 1 aliphatic heterocycles. The Bertz CT molecular complexity index is 370. The van der Waals surface area contributed by atoms with E-state index in [4.69, 9.17) is 0 Å². The summed E-state index contributed by atoms with van der Waals surface area (Å²) in [5, 5.41) is 3.07. The van der Waals surface area contributed by atoms with Gasteiger partial charge < -0.3 is 10.2 Å². The van der Waals surface area contributed by atoms with Crippen molar-refractivity contribution < 1.29 is 9.59 Å². The first-order valence-electron chi connectivity index (χ1n) is 8.09. The van der Waals surface area contributed by atoms with E-state index in [1.54, 1.807) is 4.90 Å². The van der Waals surface area contributed by atoms with Crippen LogP contribution in [0.1, 0.15) is 32.1 Å². The normalized spacial score (nSPS) is 21.0. The molecule has 21 heavy (non-hydrogen) atoms. The van der Waals surface area contributed by atoms with Gasteiger partial charge in [0.15, 0.2) is 0 Å². The number of amides is 2. The third-order valence-corrected chi connectivity index (χ3v) is 4.54. The molecule has 0 aromatic carbocycles. The van der Waals surface area contributed by atoms with Crippen LogP contribution in [0.2, 0.25) is 0 Å². The Morgan fingerprint density at radius 1 is 1.10 bits per heavy atom. The van der Waals surface area contributed by atoms with Crippen LogP contribution >= 0.6 is 0 Å². The number of carbonyl (C=O) groups is 2. The summed E-state index contributed by atoms with van der Waals surface area (Å²) in [4.78, 5) is 27.4. The van der Waals surface area contributed by atoms with Crippen LogP contribution in [0.4, 0.5) is 0 Å². The standard InChI is InChI=1S/C16H27N3O2/c1-2-16(21)19-10-8-18(9-11-19)13-15(20)17-12-14-6-4-3-5-7-14/h2,14H,1,3-13H2,(H,17,20). The first kappa shape index (κ1) is 16.0. The summed E-state index contributed by atoms with van der Waals surface area (Å²) in [6.45, 7) is 7.66. The van der Waals surface area contributed by atoms with Gasteiger partial charge in [-0.2, -0.15) is 0 Å². The van der Waals surface area contributed by atoms with Crippen LogP contribution in [-0.2, 0) is 9.59 Å². The minimum absolute atomic E-state index is 0.0172. The lowest BCUT2D eigenvalue weighted by atomic mass is 9.89. The van der Waals surface area contributed by atoms with Gasteiger partial charge in [0.25, 0.3) is 0 Å². The van der Waals surface area contributed by atoms with Crippen molar-refractivity contribution in [2.45, 2.75) is 32.1 Å². The number of rotatable bonds is 5. The van der Waals surface area contributed by atoms with Crippen LogP contribution < -0.4 is 5.32 Å². The molecule has 1 saturated heterocycles. The largest absolute Gasteiger partial charge is 0.355 e. The van der Waals surface area contributed by atoms with Crippen LogP contribution in [0.15, 0.2) is 12.7 Å². The van der Waals surface area contributed by atoms with E-state index in [2.05, 4.69) is 16.8 Å². The van der Waals surface area contributed by atoms with E-state index >= 15 is 0 Å². The lowest BCUT2D eigenvalue weighted by Gasteiger charge is -2.33. The van der Waals surface area contributed by atoms with Gasteiger partial charge in [-0.15, -0.1) is 0 Å². The zero-order chi connectivity index (χ0) is 15.1. The van der Waals surface area contributed by atoms with E-state index in [1.165, 1.54) is 38.2 Å².